The highest BCUT2D eigenvalue weighted by atomic mass is 35.5. The average Bonchev–Trinajstić information content (AvgIpc) is 2.66. The Morgan fingerprint density at radius 2 is 1.70 bits per heavy atom. The Kier molecular flexibility index (Phi) is 6.52. The van der Waals surface area contributed by atoms with Crippen LogP contribution in [0.2, 0.25) is 5.02 Å². The number of nitrogen functional groups attached to an aromatic ring is 1. The Bertz CT molecular complexity index is 773. The van der Waals surface area contributed by atoms with Gasteiger partial charge in [-0.15, -0.1) is 11.8 Å². The fraction of sp³-hybridized carbons (Fsp3) is 0.368. The number of rotatable bonds is 5. The molecule has 1 fully saturated rings. The molecule has 0 radical (unpaired) electrons. The van der Waals surface area contributed by atoms with Gasteiger partial charge in [-0.25, -0.2) is 0 Å². The molecule has 6 N–H and O–H groups in total. The Morgan fingerprint density at radius 3 is 2.37 bits per heavy atom. The number of aliphatic hydroxyl groups excluding tert-OH is 4. The Hall–Kier alpha value is -1.48. The third-order valence-electron chi connectivity index (χ3n) is 4.49. The zero-order chi connectivity index (χ0) is 19.6. The first kappa shape index (κ1) is 20.3. The summed E-state index contributed by atoms with van der Waals surface area (Å²) in [5, 5.41) is 39.5. The van der Waals surface area contributed by atoms with E-state index in [1.165, 1.54) is 0 Å². The zero-order valence-corrected chi connectivity index (χ0v) is 16.0. The fourth-order valence-corrected chi connectivity index (χ4v) is 4.37. The van der Waals surface area contributed by atoms with Crippen molar-refractivity contribution in [3.63, 3.8) is 0 Å². The average molecular weight is 412 g/mol. The Morgan fingerprint density at radius 1 is 1.00 bits per heavy atom. The van der Waals surface area contributed by atoms with Crippen molar-refractivity contribution in [1.82, 2.24) is 0 Å². The van der Waals surface area contributed by atoms with Crippen LogP contribution in [0.3, 0.4) is 0 Å². The third-order valence-corrected chi connectivity index (χ3v) is 6.14. The summed E-state index contributed by atoms with van der Waals surface area (Å²) in [6.07, 6.45) is -3.39. The van der Waals surface area contributed by atoms with Crippen molar-refractivity contribution in [3.05, 3.63) is 58.6 Å². The summed E-state index contributed by atoms with van der Waals surface area (Å²) in [5.41, 5.74) is 7.37. The van der Waals surface area contributed by atoms with Crippen molar-refractivity contribution >= 4 is 29.1 Å². The van der Waals surface area contributed by atoms with Crippen LogP contribution in [0.4, 0.5) is 5.69 Å². The molecule has 3 rings (SSSR count). The van der Waals surface area contributed by atoms with Gasteiger partial charge in [-0.1, -0.05) is 23.7 Å². The van der Waals surface area contributed by atoms with Gasteiger partial charge in [-0.2, -0.15) is 0 Å². The second kappa shape index (κ2) is 8.68. The molecule has 8 heteroatoms. The molecule has 1 heterocycles. The van der Waals surface area contributed by atoms with E-state index < -0.39 is 29.0 Å². The molecule has 0 bridgehead atoms. The van der Waals surface area contributed by atoms with Crippen LogP contribution in [0.1, 0.15) is 11.1 Å². The number of benzene rings is 2. The largest absolute Gasteiger partial charge is 0.477 e. The zero-order valence-electron chi connectivity index (χ0n) is 14.4. The first-order chi connectivity index (χ1) is 12.9. The molecule has 5 unspecified atom stereocenters. The molecule has 1 aliphatic heterocycles. The molecular formula is C19H22ClNO5S. The van der Waals surface area contributed by atoms with E-state index in [0.29, 0.717) is 22.9 Å². The van der Waals surface area contributed by atoms with E-state index in [1.54, 1.807) is 18.2 Å². The van der Waals surface area contributed by atoms with Gasteiger partial charge in [0.25, 0.3) is 0 Å². The van der Waals surface area contributed by atoms with Gasteiger partial charge in [0.2, 0.25) is 0 Å². The Balaban J connectivity index is 1.83. The molecule has 2 aromatic rings. The summed E-state index contributed by atoms with van der Waals surface area (Å²) < 4.78 is 5.95. The van der Waals surface area contributed by atoms with Gasteiger partial charge in [0, 0.05) is 22.7 Å². The monoisotopic (exact) mass is 411 g/mol. The van der Waals surface area contributed by atoms with Crippen molar-refractivity contribution in [2.24, 2.45) is 0 Å². The Labute approximate surface area is 166 Å². The standard InChI is InChI=1S/C19H22ClNO5S/c20-12-3-6-14(11(8-12)7-10-1-4-13(21)5-2-10)26-19-18(25)17(24)16(23)15(9-22)27-19/h1-6,8,15-19,22-25H,7,9,21H2. The highest BCUT2D eigenvalue weighted by Crippen LogP contribution is 2.36. The van der Waals surface area contributed by atoms with Crippen LogP contribution in [-0.2, 0) is 6.42 Å². The van der Waals surface area contributed by atoms with Gasteiger partial charge >= 0.3 is 0 Å². The van der Waals surface area contributed by atoms with Crippen LogP contribution < -0.4 is 10.5 Å². The summed E-state index contributed by atoms with van der Waals surface area (Å²) in [6.45, 7) is -0.339. The van der Waals surface area contributed by atoms with Gasteiger partial charge in [0.05, 0.1) is 18.0 Å². The first-order valence-corrected chi connectivity index (χ1v) is 9.81. The predicted octanol–water partition coefficient (Wildman–Crippen LogP) is 1.41. The summed E-state index contributed by atoms with van der Waals surface area (Å²) in [6, 6.07) is 12.6. The van der Waals surface area contributed by atoms with Gasteiger partial charge in [-0.05, 0) is 35.9 Å². The molecule has 0 aliphatic carbocycles. The van der Waals surface area contributed by atoms with E-state index in [4.69, 9.17) is 22.1 Å². The maximum absolute atomic E-state index is 10.3. The van der Waals surface area contributed by atoms with Crippen LogP contribution >= 0.6 is 23.4 Å². The first-order valence-electron chi connectivity index (χ1n) is 8.49. The minimum Gasteiger partial charge on any atom is -0.477 e. The lowest BCUT2D eigenvalue weighted by molar-refractivity contribution is -0.0910. The molecule has 6 nitrogen and oxygen atoms in total. The molecule has 5 atom stereocenters. The van der Waals surface area contributed by atoms with Gasteiger partial charge in [-0.3, -0.25) is 0 Å². The van der Waals surface area contributed by atoms with Crippen LogP contribution in [0.15, 0.2) is 42.5 Å². The number of halogens is 1. The highest BCUT2D eigenvalue weighted by molar-refractivity contribution is 8.00. The lowest BCUT2D eigenvalue weighted by atomic mass is 10.0. The van der Waals surface area contributed by atoms with E-state index in [-0.39, 0.29) is 6.61 Å². The molecular weight excluding hydrogens is 390 g/mol. The van der Waals surface area contributed by atoms with Crippen LogP contribution in [0.5, 0.6) is 5.75 Å². The normalized spacial score (nSPS) is 28.1. The maximum Gasteiger partial charge on any atom is 0.173 e. The third kappa shape index (κ3) is 4.68. The summed E-state index contributed by atoms with van der Waals surface area (Å²) in [4.78, 5) is 0. The second-order valence-corrected chi connectivity index (χ2v) is 8.26. The lowest BCUT2D eigenvalue weighted by Gasteiger charge is -2.39. The van der Waals surface area contributed by atoms with Crippen molar-refractivity contribution in [2.45, 2.75) is 35.4 Å². The summed E-state index contributed by atoms with van der Waals surface area (Å²) in [7, 11) is 0. The van der Waals surface area contributed by atoms with E-state index in [0.717, 1.165) is 22.9 Å². The van der Waals surface area contributed by atoms with Crippen LogP contribution in [-0.4, -0.2) is 56.0 Å². The molecule has 1 saturated heterocycles. The quantitative estimate of drug-likeness (QED) is 0.472. The molecule has 2 aromatic carbocycles. The highest BCUT2D eigenvalue weighted by Gasteiger charge is 2.44. The smallest absolute Gasteiger partial charge is 0.173 e. The van der Waals surface area contributed by atoms with Gasteiger partial charge in [0.15, 0.2) is 5.44 Å². The minimum atomic E-state index is -1.40. The topological polar surface area (TPSA) is 116 Å². The van der Waals surface area contributed by atoms with Crippen molar-refractivity contribution in [3.8, 4) is 5.75 Å². The molecule has 1 aliphatic rings. The number of aliphatic hydroxyl groups is 4. The molecule has 27 heavy (non-hydrogen) atoms. The van der Waals surface area contributed by atoms with E-state index in [1.807, 2.05) is 24.3 Å². The van der Waals surface area contributed by atoms with E-state index in [2.05, 4.69) is 0 Å². The predicted molar refractivity (Wildman–Crippen MR) is 106 cm³/mol. The molecule has 0 aromatic heterocycles. The van der Waals surface area contributed by atoms with Crippen LogP contribution in [0.25, 0.3) is 0 Å². The minimum absolute atomic E-state index is 0.339. The maximum atomic E-state index is 10.3. The van der Waals surface area contributed by atoms with E-state index in [9.17, 15) is 20.4 Å². The van der Waals surface area contributed by atoms with Crippen molar-refractivity contribution < 1.29 is 25.2 Å². The van der Waals surface area contributed by atoms with Gasteiger partial charge in [0.1, 0.15) is 18.0 Å². The number of thioether (sulfide) groups is 1. The molecule has 0 spiro atoms. The molecule has 0 saturated carbocycles. The van der Waals surface area contributed by atoms with Crippen molar-refractivity contribution in [2.75, 3.05) is 12.3 Å². The lowest BCUT2D eigenvalue weighted by Crippen LogP contribution is -2.55. The number of ether oxygens (including phenoxy) is 1. The SMILES string of the molecule is Nc1ccc(Cc2cc(Cl)ccc2OC2SC(CO)C(O)C(O)C2O)cc1. The number of anilines is 1. The fourth-order valence-electron chi connectivity index (χ4n) is 2.95. The van der Waals surface area contributed by atoms with E-state index >= 15 is 0 Å². The van der Waals surface area contributed by atoms with Crippen molar-refractivity contribution in [1.29, 1.82) is 0 Å². The summed E-state index contributed by atoms with van der Waals surface area (Å²) >= 11 is 7.22. The molecule has 146 valence electrons. The van der Waals surface area contributed by atoms with Gasteiger partial charge < -0.3 is 30.9 Å². The number of hydrogen-bond donors (Lipinski definition) is 5. The summed E-state index contributed by atoms with van der Waals surface area (Å²) in [5.74, 6) is 0.507. The van der Waals surface area contributed by atoms with Crippen LogP contribution in [0, 0.1) is 0 Å². The second-order valence-electron chi connectivity index (χ2n) is 6.49. The molecule has 0 amide bonds. The number of hydrogen-bond acceptors (Lipinski definition) is 7. The number of nitrogens with two attached hydrogens (primary N) is 1.